The Morgan fingerprint density at radius 3 is 2.38 bits per heavy atom. The second-order valence-corrected chi connectivity index (χ2v) is 10.5. The van der Waals surface area contributed by atoms with Crippen LogP contribution in [0.4, 0.5) is 9.18 Å². The molecule has 2 unspecified atom stereocenters. The highest BCUT2D eigenvalue weighted by Gasteiger charge is 2.41. The minimum Gasteiger partial charge on any atom is -0.465 e. The Labute approximate surface area is 187 Å². The maximum atomic E-state index is 13.5. The van der Waals surface area contributed by atoms with Crippen molar-refractivity contribution in [3.05, 3.63) is 41.9 Å². The van der Waals surface area contributed by atoms with Crippen molar-refractivity contribution < 1.29 is 18.7 Å². The minimum absolute atomic E-state index is 0.265. The third kappa shape index (κ3) is 7.40. The third-order valence-electron chi connectivity index (χ3n) is 3.61. The van der Waals surface area contributed by atoms with E-state index in [1.54, 1.807) is 24.3 Å². The van der Waals surface area contributed by atoms with E-state index in [0.717, 1.165) is 4.31 Å². The van der Waals surface area contributed by atoms with Crippen LogP contribution < -0.4 is 4.74 Å². The topological polar surface area (TPSA) is 69.5 Å². The molecule has 1 amide bonds. The molecule has 29 heavy (non-hydrogen) atoms. The van der Waals surface area contributed by atoms with Gasteiger partial charge in [0.1, 0.15) is 18.4 Å². The van der Waals surface area contributed by atoms with E-state index < -0.39 is 27.8 Å². The first-order valence-corrected chi connectivity index (χ1v) is 10.2. The number of hydrogen-bond donors (Lipinski definition) is 0. The number of benzene rings is 1. The Morgan fingerprint density at radius 2 is 1.90 bits per heavy atom. The van der Waals surface area contributed by atoms with Crippen LogP contribution in [0.15, 0.2) is 36.9 Å². The number of halogens is 4. The summed E-state index contributed by atoms with van der Waals surface area (Å²) < 4.78 is 24.8. The summed E-state index contributed by atoms with van der Waals surface area (Å²) in [6, 6.07) is 6.68. The molecular weight excluding hydrogens is 466 g/mol. The van der Waals surface area contributed by atoms with Gasteiger partial charge in [-0.05, 0) is 24.3 Å². The molecule has 0 fully saturated rings. The fourth-order valence-corrected chi connectivity index (χ4v) is 3.47. The summed E-state index contributed by atoms with van der Waals surface area (Å²) in [5.41, 5.74) is -0.598. The van der Waals surface area contributed by atoms with Crippen LogP contribution in [-0.4, -0.2) is 42.2 Å². The van der Waals surface area contributed by atoms with Crippen LogP contribution >= 0.6 is 46.8 Å². The normalized spacial score (nSPS) is 14.2. The van der Waals surface area contributed by atoms with Gasteiger partial charge in [-0.1, -0.05) is 55.6 Å². The zero-order chi connectivity index (χ0) is 21.8. The number of alkyl halides is 3. The molecule has 0 bridgehead atoms. The average Bonchev–Trinajstić information content (AvgIpc) is 3.11. The molecule has 0 spiro atoms. The molecule has 1 aromatic heterocycles. The monoisotopic (exact) mass is 484 g/mol. The van der Waals surface area contributed by atoms with E-state index in [0.29, 0.717) is 10.8 Å². The molecule has 0 radical (unpaired) electrons. The minimum atomic E-state index is -2.68. The molecule has 0 saturated carbocycles. The molecule has 1 heterocycles. The summed E-state index contributed by atoms with van der Waals surface area (Å²) in [6.45, 7) is 5.57. The Balaban J connectivity index is 2.31. The molecule has 0 aliphatic rings. The molecule has 2 rings (SSSR count). The van der Waals surface area contributed by atoms with E-state index in [9.17, 15) is 9.18 Å². The highest BCUT2D eigenvalue weighted by Crippen LogP contribution is 2.39. The SMILES string of the molecule is CN(SC(F)(Cl)Cl)C(=O)OC(C(Oc1ccc(Cl)cc1)n1cncn1)C(C)(C)C. The first-order valence-electron chi connectivity index (χ1n) is 8.33. The van der Waals surface area contributed by atoms with E-state index in [1.165, 1.54) is 24.4 Å². The molecule has 2 aromatic rings. The summed E-state index contributed by atoms with van der Waals surface area (Å²) in [4.78, 5) is 16.5. The van der Waals surface area contributed by atoms with E-state index in [2.05, 4.69) is 10.1 Å². The summed E-state index contributed by atoms with van der Waals surface area (Å²) in [6.07, 6.45) is 0.192. The number of rotatable bonds is 7. The number of hydrogen-bond acceptors (Lipinski definition) is 6. The molecule has 1 aromatic carbocycles. The summed E-state index contributed by atoms with van der Waals surface area (Å²) in [5.74, 6) is 0.479. The van der Waals surface area contributed by atoms with Crippen molar-refractivity contribution in [2.45, 2.75) is 37.0 Å². The van der Waals surface area contributed by atoms with Gasteiger partial charge in [-0.25, -0.2) is 18.8 Å². The van der Waals surface area contributed by atoms with Crippen molar-refractivity contribution in [3.8, 4) is 5.75 Å². The maximum Gasteiger partial charge on any atom is 0.420 e. The number of aromatic nitrogens is 3. The zero-order valence-electron chi connectivity index (χ0n) is 16.1. The molecular formula is C17H20Cl3FN4O3S. The molecule has 7 nitrogen and oxygen atoms in total. The fraction of sp³-hybridized carbons (Fsp3) is 0.471. The van der Waals surface area contributed by atoms with Gasteiger partial charge in [0.15, 0.2) is 6.10 Å². The van der Waals surface area contributed by atoms with Crippen molar-refractivity contribution in [2.24, 2.45) is 5.41 Å². The predicted octanol–water partition coefficient (Wildman–Crippen LogP) is 5.70. The molecule has 0 aliphatic carbocycles. The van der Waals surface area contributed by atoms with E-state index >= 15 is 0 Å². The van der Waals surface area contributed by atoms with Crippen molar-refractivity contribution in [2.75, 3.05) is 7.05 Å². The highest BCUT2D eigenvalue weighted by atomic mass is 35.5. The fourth-order valence-electron chi connectivity index (χ4n) is 2.29. The van der Waals surface area contributed by atoms with Gasteiger partial charge in [-0.2, -0.15) is 9.49 Å². The Morgan fingerprint density at radius 1 is 1.28 bits per heavy atom. The van der Waals surface area contributed by atoms with E-state index in [4.69, 9.17) is 44.3 Å². The largest absolute Gasteiger partial charge is 0.465 e. The number of amides is 1. The van der Waals surface area contributed by atoms with Crippen molar-refractivity contribution in [3.63, 3.8) is 0 Å². The second-order valence-electron chi connectivity index (χ2n) is 7.04. The lowest BCUT2D eigenvalue weighted by Crippen LogP contribution is -2.44. The Hall–Kier alpha value is -1.42. The number of nitrogens with zero attached hydrogens (tertiary/aromatic N) is 4. The lowest BCUT2D eigenvalue weighted by atomic mass is 9.87. The number of ether oxygens (including phenoxy) is 2. The standard InChI is InChI=1S/C17H20Cl3FN4O3S/c1-16(2,3)13(28-15(26)24(4)29-17(19,20)21)14(25-10-22-9-23-25)27-12-7-5-11(18)6-8-12/h5-10,13-14H,1-4H3. The predicted molar refractivity (Wildman–Crippen MR) is 112 cm³/mol. The average molecular weight is 486 g/mol. The lowest BCUT2D eigenvalue weighted by Gasteiger charge is -2.36. The molecule has 2 atom stereocenters. The van der Waals surface area contributed by atoms with Gasteiger partial charge in [0.2, 0.25) is 6.23 Å². The third-order valence-corrected chi connectivity index (χ3v) is 4.90. The molecule has 0 N–H and O–H groups in total. The van der Waals surface area contributed by atoms with Gasteiger partial charge in [-0.15, -0.1) is 0 Å². The second kappa shape index (κ2) is 9.59. The van der Waals surface area contributed by atoms with Crippen LogP contribution in [0.5, 0.6) is 5.75 Å². The van der Waals surface area contributed by atoms with Crippen LogP contribution in [0.2, 0.25) is 5.02 Å². The van der Waals surface area contributed by atoms with Crippen molar-refractivity contribution in [1.29, 1.82) is 0 Å². The van der Waals surface area contributed by atoms with Crippen LogP contribution in [-0.2, 0) is 4.74 Å². The van der Waals surface area contributed by atoms with E-state index in [1.807, 2.05) is 20.8 Å². The van der Waals surface area contributed by atoms with E-state index in [-0.39, 0.29) is 11.9 Å². The molecule has 12 heteroatoms. The Kier molecular flexibility index (Phi) is 7.89. The first-order chi connectivity index (χ1) is 13.4. The summed E-state index contributed by atoms with van der Waals surface area (Å²) in [7, 11) is 1.29. The summed E-state index contributed by atoms with van der Waals surface area (Å²) >= 11 is 16.8. The number of carbonyl (C=O) groups excluding carboxylic acids is 1. The highest BCUT2D eigenvalue weighted by molar-refractivity contribution is 8.01. The van der Waals surface area contributed by atoms with Gasteiger partial charge in [-0.3, -0.25) is 0 Å². The van der Waals surface area contributed by atoms with Gasteiger partial charge >= 0.3 is 10.0 Å². The number of carbonyl (C=O) groups is 1. The van der Waals surface area contributed by atoms with Gasteiger partial charge in [0.05, 0.1) is 0 Å². The van der Waals surface area contributed by atoms with Gasteiger partial charge in [0.25, 0.3) is 0 Å². The Bertz CT molecular complexity index is 798. The summed E-state index contributed by atoms with van der Waals surface area (Å²) in [5, 5.41) is 4.66. The van der Waals surface area contributed by atoms with Crippen molar-refractivity contribution >= 4 is 52.8 Å². The molecule has 0 aliphatic heterocycles. The zero-order valence-corrected chi connectivity index (χ0v) is 19.1. The lowest BCUT2D eigenvalue weighted by molar-refractivity contribution is -0.0824. The maximum absolute atomic E-state index is 13.5. The molecule has 160 valence electrons. The molecule has 0 saturated heterocycles. The van der Waals surface area contributed by atoms with Crippen LogP contribution in [0.25, 0.3) is 0 Å². The van der Waals surface area contributed by atoms with Crippen molar-refractivity contribution in [1.82, 2.24) is 19.1 Å². The van der Waals surface area contributed by atoms with Gasteiger partial charge in [0, 0.05) is 29.4 Å². The van der Waals surface area contributed by atoms with Crippen LogP contribution in [0.1, 0.15) is 27.0 Å². The smallest absolute Gasteiger partial charge is 0.420 e. The quantitative estimate of drug-likeness (QED) is 0.370. The van der Waals surface area contributed by atoms with Crippen LogP contribution in [0.3, 0.4) is 0 Å². The first kappa shape index (κ1) is 23.9. The van der Waals surface area contributed by atoms with Crippen LogP contribution in [0, 0.1) is 5.41 Å². The van der Waals surface area contributed by atoms with Gasteiger partial charge < -0.3 is 9.47 Å².